The van der Waals surface area contributed by atoms with Crippen molar-refractivity contribution in [2.45, 2.75) is 50.5 Å². The quantitative estimate of drug-likeness (QED) is 0.766. The molecule has 1 nitrogen and oxygen atoms in total. The summed E-state index contributed by atoms with van der Waals surface area (Å²) >= 11 is 0. The van der Waals surface area contributed by atoms with Crippen molar-refractivity contribution in [2.75, 3.05) is 14.1 Å². The molecule has 1 aliphatic rings. The molecule has 0 spiro atoms. The minimum absolute atomic E-state index is 0.325. The minimum atomic E-state index is 0.325. The van der Waals surface area contributed by atoms with E-state index in [2.05, 4.69) is 68.4 Å². The summed E-state index contributed by atoms with van der Waals surface area (Å²) in [7, 11) is 4.45. The lowest BCUT2D eigenvalue weighted by Crippen LogP contribution is -2.47. The van der Waals surface area contributed by atoms with E-state index in [0.29, 0.717) is 11.5 Å². The van der Waals surface area contributed by atoms with E-state index >= 15 is 0 Å². The van der Waals surface area contributed by atoms with E-state index in [-0.39, 0.29) is 0 Å². The normalized spacial score (nSPS) is 19.8. The van der Waals surface area contributed by atoms with Crippen molar-refractivity contribution in [1.82, 2.24) is 4.90 Å². The van der Waals surface area contributed by atoms with Gasteiger partial charge in [0, 0.05) is 11.5 Å². The van der Waals surface area contributed by atoms with E-state index in [1.54, 1.807) is 5.56 Å². The van der Waals surface area contributed by atoms with Gasteiger partial charge in [-0.25, -0.2) is 0 Å². The Hall–Kier alpha value is -1.34. The second-order valence-corrected chi connectivity index (χ2v) is 6.92. The third kappa shape index (κ3) is 2.60. The van der Waals surface area contributed by atoms with Gasteiger partial charge in [0.25, 0.3) is 0 Å². The molecule has 0 aromatic heterocycles. The highest BCUT2D eigenvalue weighted by Gasteiger charge is 2.39. The van der Waals surface area contributed by atoms with Crippen LogP contribution in [-0.2, 0) is 5.41 Å². The van der Waals surface area contributed by atoms with Crippen LogP contribution in [0.25, 0.3) is 10.8 Å². The van der Waals surface area contributed by atoms with E-state index in [9.17, 15) is 0 Å². The molecule has 0 N–H and O–H groups in total. The summed E-state index contributed by atoms with van der Waals surface area (Å²) in [6.07, 6.45) is 6.78. The number of benzene rings is 2. The predicted molar refractivity (Wildman–Crippen MR) is 91.9 cm³/mol. The highest BCUT2D eigenvalue weighted by Crippen LogP contribution is 2.44. The van der Waals surface area contributed by atoms with Gasteiger partial charge in [-0.1, -0.05) is 61.7 Å². The molecule has 0 bridgehead atoms. The summed E-state index contributed by atoms with van der Waals surface area (Å²) in [6.45, 7) is 2.40. The second kappa shape index (κ2) is 5.81. The molecule has 0 heterocycles. The number of fused-ring (bicyclic) bond motifs is 1. The monoisotopic (exact) mass is 281 g/mol. The van der Waals surface area contributed by atoms with Gasteiger partial charge in [0.1, 0.15) is 0 Å². The standard InChI is InChI=1S/C20H27N/c1-16(21(2)3)20(13-7-4-8-14-20)19-12-11-17-9-5-6-10-18(17)15-19/h5-6,9-12,15-16H,4,7-8,13-14H2,1-3H3/t16-/m0/s1. The van der Waals surface area contributed by atoms with E-state index in [0.717, 1.165) is 0 Å². The van der Waals surface area contributed by atoms with Crippen LogP contribution < -0.4 is 0 Å². The Morgan fingerprint density at radius 3 is 2.24 bits per heavy atom. The molecule has 1 heteroatoms. The molecule has 1 fully saturated rings. The second-order valence-electron chi connectivity index (χ2n) is 6.92. The zero-order valence-electron chi connectivity index (χ0n) is 13.6. The molecule has 1 aliphatic carbocycles. The molecule has 21 heavy (non-hydrogen) atoms. The fourth-order valence-electron chi connectivity index (χ4n) is 4.12. The highest BCUT2D eigenvalue weighted by atomic mass is 15.1. The van der Waals surface area contributed by atoms with E-state index in [1.807, 2.05) is 0 Å². The first-order valence-electron chi connectivity index (χ1n) is 8.29. The van der Waals surface area contributed by atoms with E-state index < -0.39 is 0 Å². The fourth-order valence-corrected chi connectivity index (χ4v) is 4.12. The first-order chi connectivity index (χ1) is 10.1. The molecule has 112 valence electrons. The Kier molecular flexibility index (Phi) is 4.03. The van der Waals surface area contributed by atoms with Gasteiger partial charge < -0.3 is 4.90 Å². The molecule has 0 radical (unpaired) electrons. The van der Waals surface area contributed by atoms with Gasteiger partial charge >= 0.3 is 0 Å². The van der Waals surface area contributed by atoms with Crippen LogP contribution in [0, 0.1) is 0 Å². The maximum absolute atomic E-state index is 2.45. The number of rotatable bonds is 3. The number of hydrogen-bond donors (Lipinski definition) is 0. The molecule has 2 aromatic rings. The maximum Gasteiger partial charge on any atom is 0.0158 e. The molecule has 2 aromatic carbocycles. The van der Waals surface area contributed by atoms with Gasteiger partial charge in [0.15, 0.2) is 0 Å². The molecule has 0 aliphatic heterocycles. The van der Waals surface area contributed by atoms with Crippen LogP contribution in [0.5, 0.6) is 0 Å². The molecule has 0 amide bonds. The fraction of sp³-hybridized carbons (Fsp3) is 0.500. The van der Waals surface area contributed by atoms with Crippen LogP contribution >= 0.6 is 0 Å². The molecular weight excluding hydrogens is 254 g/mol. The Labute approximate surface area is 129 Å². The summed E-state index contributed by atoms with van der Waals surface area (Å²) in [5, 5.41) is 2.73. The predicted octanol–water partition coefficient (Wildman–Crippen LogP) is 4.99. The summed E-state index contributed by atoms with van der Waals surface area (Å²) in [6, 6.07) is 16.4. The molecule has 1 saturated carbocycles. The molecule has 1 atom stereocenters. The van der Waals surface area contributed by atoms with Crippen LogP contribution in [0.15, 0.2) is 42.5 Å². The SMILES string of the molecule is C[C@H](N(C)C)C1(c2ccc3ccccc3c2)CCCCC1. The number of hydrogen-bond acceptors (Lipinski definition) is 1. The summed E-state index contributed by atoms with van der Waals surface area (Å²) in [4.78, 5) is 2.40. The van der Waals surface area contributed by atoms with Crippen molar-refractivity contribution in [3.05, 3.63) is 48.0 Å². The van der Waals surface area contributed by atoms with Gasteiger partial charge in [0.05, 0.1) is 0 Å². The van der Waals surface area contributed by atoms with Crippen LogP contribution in [0.1, 0.15) is 44.6 Å². The minimum Gasteiger partial charge on any atom is -0.306 e. The summed E-state index contributed by atoms with van der Waals surface area (Å²) < 4.78 is 0. The largest absolute Gasteiger partial charge is 0.306 e. The smallest absolute Gasteiger partial charge is 0.0158 e. The average molecular weight is 281 g/mol. The van der Waals surface area contributed by atoms with Gasteiger partial charge in [-0.05, 0) is 50.2 Å². The third-order valence-corrected chi connectivity index (χ3v) is 5.64. The van der Waals surface area contributed by atoms with Crippen molar-refractivity contribution in [2.24, 2.45) is 0 Å². The Balaban J connectivity index is 2.09. The van der Waals surface area contributed by atoms with E-state index in [4.69, 9.17) is 0 Å². The van der Waals surface area contributed by atoms with Crippen LogP contribution in [-0.4, -0.2) is 25.0 Å². The molecular formula is C20H27N. The van der Waals surface area contributed by atoms with Crippen LogP contribution in [0.2, 0.25) is 0 Å². The van der Waals surface area contributed by atoms with Crippen molar-refractivity contribution >= 4 is 10.8 Å². The zero-order chi connectivity index (χ0) is 14.9. The first kappa shape index (κ1) is 14.6. The Morgan fingerprint density at radius 2 is 1.57 bits per heavy atom. The molecule has 0 saturated heterocycles. The lowest BCUT2D eigenvalue weighted by atomic mass is 9.64. The van der Waals surface area contributed by atoms with Crippen molar-refractivity contribution < 1.29 is 0 Å². The van der Waals surface area contributed by atoms with Crippen molar-refractivity contribution in [3.8, 4) is 0 Å². The maximum atomic E-state index is 2.45. The van der Waals surface area contributed by atoms with Crippen molar-refractivity contribution in [3.63, 3.8) is 0 Å². The zero-order valence-corrected chi connectivity index (χ0v) is 13.6. The first-order valence-corrected chi connectivity index (χ1v) is 8.29. The highest BCUT2D eigenvalue weighted by molar-refractivity contribution is 5.83. The molecule has 3 rings (SSSR count). The van der Waals surface area contributed by atoms with Gasteiger partial charge in [-0.3, -0.25) is 0 Å². The third-order valence-electron chi connectivity index (χ3n) is 5.64. The van der Waals surface area contributed by atoms with Gasteiger partial charge in [-0.2, -0.15) is 0 Å². The van der Waals surface area contributed by atoms with Gasteiger partial charge in [-0.15, -0.1) is 0 Å². The average Bonchev–Trinajstić information content (AvgIpc) is 2.54. The summed E-state index contributed by atoms with van der Waals surface area (Å²) in [5.41, 5.74) is 1.87. The Bertz CT molecular complexity index is 608. The number of likely N-dealkylation sites (N-methyl/N-ethyl adjacent to an activating group) is 1. The van der Waals surface area contributed by atoms with Crippen molar-refractivity contribution in [1.29, 1.82) is 0 Å². The summed E-state index contributed by atoms with van der Waals surface area (Å²) in [5.74, 6) is 0. The van der Waals surface area contributed by atoms with Crippen LogP contribution in [0.4, 0.5) is 0 Å². The number of nitrogens with zero attached hydrogens (tertiary/aromatic N) is 1. The van der Waals surface area contributed by atoms with E-state index in [1.165, 1.54) is 42.9 Å². The topological polar surface area (TPSA) is 3.24 Å². The molecule has 0 unspecified atom stereocenters. The lowest BCUT2D eigenvalue weighted by Gasteiger charge is -2.45. The van der Waals surface area contributed by atoms with Crippen LogP contribution in [0.3, 0.4) is 0 Å². The van der Waals surface area contributed by atoms with Gasteiger partial charge in [0.2, 0.25) is 0 Å². The lowest BCUT2D eigenvalue weighted by molar-refractivity contribution is 0.143. The Morgan fingerprint density at radius 1 is 0.905 bits per heavy atom.